The second-order valence-electron chi connectivity index (χ2n) is 8.94. The molecule has 5 nitrogen and oxygen atoms in total. The third kappa shape index (κ3) is 3.34. The summed E-state index contributed by atoms with van der Waals surface area (Å²) in [6, 6.07) is 21.3. The van der Waals surface area contributed by atoms with E-state index in [-0.39, 0.29) is 17.9 Å². The van der Waals surface area contributed by atoms with Crippen LogP contribution in [0, 0.1) is 0 Å². The van der Waals surface area contributed by atoms with Crippen LogP contribution in [0.4, 0.5) is 0 Å². The van der Waals surface area contributed by atoms with E-state index < -0.39 is 5.54 Å². The summed E-state index contributed by atoms with van der Waals surface area (Å²) in [6.45, 7) is 3.25. The van der Waals surface area contributed by atoms with Crippen molar-refractivity contribution in [3.63, 3.8) is 0 Å². The van der Waals surface area contributed by atoms with Crippen LogP contribution < -0.4 is 0 Å². The molecule has 2 aliphatic rings. The standard InChI is InChI=1S/C28H29N3O2/c1-2-3-4-10-18-31-26(32)23-15-8-9-16-24(23)28(31)25(22-14-11-17-29-19-22)30(27(28)33)20-21-12-6-5-7-13-21/h5-9,11-17,19,25H,2-4,10,18,20H2,1H3/t25-,28+/m1/s1. The van der Waals surface area contributed by atoms with Crippen molar-refractivity contribution in [3.8, 4) is 0 Å². The van der Waals surface area contributed by atoms with E-state index in [1.807, 2.05) is 82.7 Å². The van der Waals surface area contributed by atoms with Gasteiger partial charge in [-0.05, 0) is 29.7 Å². The molecule has 2 aromatic carbocycles. The Morgan fingerprint density at radius 1 is 0.909 bits per heavy atom. The molecule has 1 spiro atoms. The van der Waals surface area contributed by atoms with Crippen molar-refractivity contribution in [2.45, 2.75) is 50.7 Å². The Hall–Kier alpha value is -3.47. The Morgan fingerprint density at radius 3 is 2.45 bits per heavy atom. The number of amides is 2. The van der Waals surface area contributed by atoms with Crippen molar-refractivity contribution in [1.82, 2.24) is 14.8 Å². The molecular weight excluding hydrogens is 410 g/mol. The van der Waals surface area contributed by atoms with E-state index in [9.17, 15) is 9.59 Å². The maximum atomic E-state index is 14.1. The molecule has 0 aliphatic carbocycles. The van der Waals surface area contributed by atoms with Gasteiger partial charge in [-0.1, -0.05) is 80.8 Å². The van der Waals surface area contributed by atoms with Crippen molar-refractivity contribution in [3.05, 3.63) is 101 Å². The highest BCUT2D eigenvalue weighted by atomic mass is 16.2. The minimum atomic E-state index is -1.00. The summed E-state index contributed by atoms with van der Waals surface area (Å²) in [7, 11) is 0. The third-order valence-electron chi connectivity index (χ3n) is 6.96. The Labute approximate surface area is 195 Å². The molecule has 3 heterocycles. The summed E-state index contributed by atoms with van der Waals surface area (Å²) in [5, 5.41) is 0. The number of rotatable bonds is 8. The van der Waals surface area contributed by atoms with E-state index in [0.717, 1.165) is 42.4 Å². The molecule has 1 saturated heterocycles. The van der Waals surface area contributed by atoms with Crippen LogP contribution in [-0.4, -0.2) is 33.1 Å². The van der Waals surface area contributed by atoms with Gasteiger partial charge in [0.05, 0.1) is 6.04 Å². The Kier molecular flexibility index (Phi) is 5.71. The molecule has 1 fully saturated rings. The van der Waals surface area contributed by atoms with E-state index in [1.165, 1.54) is 0 Å². The van der Waals surface area contributed by atoms with Gasteiger partial charge in [-0.15, -0.1) is 0 Å². The number of hydrogen-bond donors (Lipinski definition) is 0. The van der Waals surface area contributed by atoms with E-state index in [4.69, 9.17) is 0 Å². The van der Waals surface area contributed by atoms with Gasteiger partial charge >= 0.3 is 0 Å². The average molecular weight is 440 g/mol. The Balaban J connectivity index is 1.60. The van der Waals surface area contributed by atoms with Crippen molar-refractivity contribution < 1.29 is 9.59 Å². The molecule has 2 amide bonds. The molecule has 5 rings (SSSR count). The normalized spacial score (nSPS) is 21.4. The SMILES string of the molecule is CCCCCCN1C(=O)c2ccccc2[C@]12C(=O)N(Cc1ccccc1)[C@@H]2c1cccnc1. The number of aromatic nitrogens is 1. The first-order chi connectivity index (χ1) is 16.2. The molecule has 2 aliphatic heterocycles. The third-order valence-corrected chi connectivity index (χ3v) is 6.96. The number of hydrogen-bond acceptors (Lipinski definition) is 3. The zero-order valence-electron chi connectivity index (χ0n) is 19.0. The van der Waals surface area contributed by atoms with Gasteiger partial charge in [0.25, 0.3) is 11.8 Å². The maximum absolute atomic E-state index is 14.1. The highest BCUT2D eigenvalue weighted by Crippen LogP contribution is 2.58. The highest BCUT2D eigenvalue weighted by molar-refractivity contribution is 6.10. The van der Waals surface area contributed by atoms with Gasteiger partial charge in [0.1, 0.15) is 0 Å². The van der Waals surface area contributed by atoms with E-state index >= 15 is 0 Å². The summed E-state index contributed by atoms with van der Waals surface area (Å²) in [5.41, 5.74) is 2.50. The van der Waals surface area contributed by atoms with Crippen molar-refractivity contribution in [2.75, 3.05) is 6.54 Å². The maximum Gasteiger partial charge on any atom is 0.256 e. The smallest absolute Gasteiger partial charge is 0.256 e. The van der Waals surface area contributed by atoms with Crippen LogP contribution in [0.1, 0.15) is 65.7 Å². The van der Waals surface area contributed by atoms with Gasteiger partial charge in [0, 0.05) is 36.6 Å². The summed E-state index contributed by atoms with van der Waals surface area (Å²) in [5.74, 6) is -0.0438. The lowest BCUT2D eigenvalue weighted by Crippen LogP contribution is -2.71. The predicted molar refractivity (Wildman–Crippen MR) is 127 cm³/mol. The number of pyridine rings is 1. The van der Waals surface area contributed by atoms with Gasteiger partial charge < -0.3 is 9.80 Å². The average Bonchev–Trinajstić information content (AvgIpc) is 3.12. The fourth-order valence-electron chi connectivity index (χ4n) is 5.47. The topological polar surface area (TPSA) is 53.5 Å². The highest BCUT2D eigenvalue weighted by Gasteiger charge is 2.69. The van der Waals surface area contributed by atoms with Crippen molar-refractivity contribution in [1.29, 1.82) is 0 Å². The largest absolute Gasteiger partial charge is 0.326 e. The number of unbranched alkanes of at least 4 members (excludes halogenated alkanes) is 3. The van der Waals surface area contributed by atoms with Crippen LogP contribution in [-0.2, 0) is 16.9 Å². The number of carbonyl (C=O) groups is 2. The van der Waals surface area contributed by atoms with Crippen LogP contribution in [0.25, 0.3) is 0 Å². The first kappa shape index (κ1) is 21.4. The molecule has 1 aromatic heterocycles. The van der Waals surface area contributed by atoms with Crippen molar-refractivity contribution in [2.24, 2.45) is 0 Å². The van der Waals surface area contributed by atoms with Gasteiger partial charge in [0.2, 0.25) is 0 Å². The van der Waals surface area contributed by atoms with Gasteiger partial charge in [-0.25, -0.2) is 0 Å². The number of nitrogens with zero attached hydrogens (tertiary/aromatic N) is 3. The second kappa shape index (κ2) is 8.81. The van der Waals surface area contributed by atoms with Crippen LogP contribution in [0.2, 0.25) is 0 Å². The molecule has 0 bridgehead atoms. The summed E-state index contributed by atoms with van der Waals surface area (Å²) >= 11 is 0. The van der Waals surface area contributed by atoms with Gasteiger partial charge in [-0.3, -0.25) is 14.6 Å². The summed E-state index contributed by atoms with van der Waals surface area (Å²) in [6.07, 6.45) is 7.77. The Morgan fingerprint density at radius 2 is 1.70 bits per heavy atom. The molecule has 0 unspecified atom stereocenters. The molecule has 168 valence electrons. The van der Waals surface area contributed by atoms with Crippen LogP contribution in [0.5, 0.6) is 0 Å². The monoisotopic (exact) mass is 439 g/mol. The number of benzene rings is 2. The Bertz CT molecular complexity index is 1150. The molecule has 0 saturated carbocycles. The van der Waals surface area contributed by atoms with Gasteiger partial charge in [0.15, 0.2) is 5.54 Å². The molecule has 33 heavy (non-hydrogen) atoms. The molecular formula is C28H29N3O2. The fourth-order valence-corrected chi connectivity index (χ4v) is 5.47. The molecule has 2 atom stereocenters. The minimum Gasteiger partial charge on any atom is -0.326 e. The lowest BCUT2D eigenvalue weighted by atomic mass is 9.70. The van der Waals surface area contributed by atoms with Gasteiger partial charge in [-0.2, -0.15) is 0 Å². The lowest BCUT2D eigenvalue weighted by molar-refractivity contribution is -0.177. The second-order valence-corrected chi connectivity index (χ2v) is 8.94. The number of fused-ring (bicyclic) bond motifs is 2. The summed E-state index contributed by atoms with van der Waals surface area (Å²) < 4.78 is 0. The number of likely N-dealkylation sites (tertiary alicyclic amines) is 1. The molecule has 3 aromatic rings. The van der Waals surface area contributed by atoms with E-state index in [2.05, 4.69) is 11.9 Å². The first-order valence-electron chi connectivity index (χ1n) is 11.9. The van der Waals surface area contributed by atoms with Crippen molar-refractivity contribution >= 4 is 11.8 Å². The van der Waals surface area contributed by atoms with Crippen LogP contribution >= 0.6 is 0 Å². The van der Waals surface area contributed by atoms with Crippen LogP contribution in [0.3, 0.4) is 0 Å². The first-order valence-corrected chi connectivity index (χ1v) is 11.9. The molecule has 0 N–H and O–H groups in total. The zero-order chi connectivity index (χ0) is 22.8. The molecule has 5 heteroatoms. The molecule has 0 radical (unpaired) electrons. The lowest BCUT2D eigenvalue weighted by Gasteiger charge is -2.58. The van der Waals surface area contributed by atoms with E-state index in [1.54, 1.807) is 6.20 Å². The number of carbonyl (C=O) groups excluding carboxylic acids is 2. The fraction of sp³-hybridized carbons (Fsp3) is 0.321. The predicted octanol–water partition coefficient (Wildman–Crippen LogP) is 5.10. The van der Waals surface area contributed by atoms with Crippen LogP contribution in [0.15, 0.2) is 79.1 Å². The number of β-lactam (4-membered cyclic amide) rings is 1. The van der Waals surface area contributed by atoms with E-state index in [0.29, 0.717) is 18.7 Å². The summed E-state index contributed by atoms with van der Waals surface area (Å²) in [4.78, 5) is 35.8. The quantitative estimate of drug-likeness (QED) is 0.363. The minimum absolute atomic E-state index is 0.00556. The zero-order valence-corrected chi connectivity index (χ0v) is 19.0.